The fourth-order valence-electron chi connectivity index (χ4n) is 2.99. The van der Waals surface area contributed by atoms with E-state index in [4.69, 9.17) is 9.47 Å². The standard InChI is InChI=1S/C22H22N4O3/c1-25(2)18-7-3-17(4-8-18)14-26-21(11-12-23-26)24-22(27)10-6-16-5-9-19-20(13-16)29-15-28-19/h3-13H,14-15H2,1-2H3,(H,24,27)/b10-6+. The van der Waals surface area contributed by atoms with Crippen molar-refractivity contribution in [2.24, 2.45) is 0 Å². The molecule has 148 valence electrons. The molecule has 1 aliphatic rings. The van der Waals surface area contributed by atoms with Gasteiger partial charge in [0.15, 0.2) is 11.5 Å². The summed E-state index contributed by atoms with van der Waals surface area (Å²) >= 11 is 0. The van der Waals surface area contributed by atoms with Gasteiger partial charge in [0.2, 0.25) is 12.7 Å². The Morgan fingerprint density at radius 2 is 1.93 bits per heavy atom. The van der Waals surface area contributed by atoms with Crippen LogP contribution in [0.4, 0.5) is 11.5 Å². The fraction of sp³-hybridized carbons (Fsp3) is 0.182. The minimum atomic E-state index is -0.229. The Morgan fingerprint density at radius 1 is 1.14 bits per heavy atom. The molecule has 1 aliphatic heterocycles. The second-order valence-corrected chi connectivity index (χ2v) is 6.87. The molecule has 1 aromatic heterocycles. The third-order valence-corrected chi connectivity index (χ3v) is 4.58. The number of carbonyl (C=O) groups excluding carboxylic acids is 1. The van der Waals surface area contributed by atoms with Gasteiger partial charge in [-0.25, -0.2) is 4.68 Å². The Bertz CT molecular complexity index is 1040. The zero-order valence-corrected chi connectivity index (χ0v) is 16.3. The quantitative estimate of drug-likeness (QED) is 0.654. The van der Waals surface area contributed by atoms with Crippen LogP contribution < -0.4 is 19.7 Å². The van der Waals surface area contributed by atoms with Gasteiger partial charge in [-0.2, -0.15) is 5.10 Å². The van der Waals surface area contributed by atoms with E-state index in [2.05, 4.69) is 39.6 Å². The monoisotopic (exact) mass is 390 g/mol. The summed E-state index contributed by atoms with van der Waals surface area (Å²) in [4.78, 5) is 14.4. The summed E-state index contributed by atoms with van der Waals surface area (Å²) < 4.78 is 12.4. The lowest BCUT2D eigenvalue weighted by Crippen LogP contribution is -2.14. The van der Waals surface area contributed by atoms with Crippen molar-refractivity contribution < 1.29 is 14.3 Å². The molecule has 7 nitrogen and oxygen atoms in total. The first-order valence-electron chi connectivity index (χ1n) is 9.25. The molecular weight excluding hydrogens is 368 g/mol. The smallest absolute Gasteiger partial charge is 0.249 e. The van der Waals surface area contributed by atoms with Crippen LogP contribution in [0.5, 0.6) is 11.5 Å². The average Bonchev–Trinajstić information content (AvgIpc) is 3.36. The summed E-state index contributed by atoms with van der Waals surface area (Å²) in [6.07, 6.45) is 4.89. The third-order valence-electron chi connectivity index (χ3n) is 4.58. The summed E-state index contributed by atoms with van der Waals surface area (Å²) in [5.74, 6) is 1.81. The lowest BCUT2D eigenvalue weighted by atomic mass is 10.2. The minimum Gasteiger partial charge on any atom is -0.454 e. The van der Waals surface area contributed by atoms with Crippen LogP contribution in [0.25, 0.3) is 6.08 Å². The molecule has 1 N–H and O–H groups in total. The van der Waals surface area contributed by atoms with Crippen molar-refractivity contribution in [2.75, 3.05) is 31.1 Å². The molecule has 0 unspecified atom stereocenters. The number of nitrogens with zero attached hydrogens (tertiary/aromatic N) is 3. The van der Waals surface area contributed by atoms with Crippen molar-refractivity contribution in [3.63, 3.8) is 0 Å². The lowest BCUT2D eigenvalue weighted by molar-refractivity contribution is -0.111. The lowest BCUT2D eigenvalue weighted by Gasteiger charge is -2.13. The molecular formula is C22H22N4O3. The van der Waals surface area contributed by atoms with E-state index in [1.165, 1.54) is 6.08 Å². The highest BCUT2D eigenvalue weighted by atomic mass is 16.7. The second kappa shape index (κ2) is 8.10. The summed E-state index contributed by atoms with van der Waals surface area (Å²) in [5.41, 5.74) is 3.10. The van der Waals surface area contributed by atoms with Crippen molar-refractivity contribution in [1.29, 1.82) is 0 Å². The molecule has 7 heteroatoms. The number of nitrogens with one attached hydrogen (secondary N) is 1. The number of hydrogen-bond donors (Lipinski definition) is 1. The van der Waals surface area contributed by atoms with E-state index in [1.807, 2.05) is 32.3 Å². The predicted octanol–water partition coefficient (Wildman–Crippen LogP) is 3.38. The SMILES string of the molecule is CN(C)c1ccc(Cn2nccc2NC(=O)/C=C/c2ccc3c(c2)OCO3)cc1. The molecule has 0 saturated heterocycles. The van der Waals surface area contributed by atoms with E-state index < -0.39 is 0 Å². The Labute approximate surface area is 169 Å². The van der Waals surface area contributed by atoms with Crippen LogP contribution in [0, 0.1) is 0 Å². The highest BCUT2D eigenvalue weighted by Gasteiger charge is 2.12. The molecule has 0 fully saturated rings. The summed E-state index contributed by atoms with van der Waals surface area (Å²) in [5, 5.41) is 7.19. The summed E-state index contributed by atoms with van der Waals surface area (Å²) in [6, 6.07) is 15.6. The normalized spacial score (nSPS) is 12.3. The molecule has 0 spiro atoms. The van der Waals surface area contributed by atoms with Crippen molar-refractivity contribution in [1.82, 2.24) is 9.78 Å². The van der Waals surface area contributed by atoms with Gasteiger partial charge in [-0.05, 0) is 41.5 Å². The largest absolute Gasteiger partial charge is 0.454 e. The van der Waals surface area contributed by atoms with Gasteiger partial charge in [0, 0.05) is 31.9 Å². The van der Waals surface area contributed by atoms with Crippen molar-refractivity contribution in [3.05, 3.63) is 71.9 Å². The van der Waals surface area contributed by atoms with Gasteiger partial charge in [-0.1, -0.05) is 18.2 Å². The summed E-state index contributed by atoms with van der Waals surface area (Å²) in [6.45, 7) is 0.799. The van der Waals surface area contributed by atoms with E-state index in [1.54, 1.807) is 23.0 Å². The molecule has 0 bridgehead atoms. The number of hydrogen-bond acceptors (Lipinski definition) is 5. The molecule has 0 radical (unpaired) electrons. The van der Waals surface area contributed by atoms with Gasteiger partial charge < -0.3 is 19.7 Å². The first-order valence-corrected chi connectivity index (χ1v) is 9.25. The van der Waals surface area contributed by atoms with Crippen LogP contribution in [-0.4, -0.2) is 36.6 Å². The maximum atomic E-state index is 12.3. The van der Waals surface area contributed by atoms with E-state index in [9.17, 15) is 4.79 Å². The van der Waals surface area contributed by atoms with Crippen LogP contribution in [-0.2, 0) is 11.3 Å². The molecule has 3 aromatic rings. The van der Waals surface area contributed by atoms with E-state index in [0.717, 1.165) is 16.8 Å². The molecule has 0 saturated carbocycles. The number of amides is 1. The van der Waals surface area contributed by atoms with Crippen LogP contribution >= 0.6 is 0 Å². The van der Waals surface area contributed by atoms with Gasteiger partial charge in [-0.15, -0.1) is 0 Å². The average molecular weight is 390 g/mol. The number of fused-ring (bicyclic) bond motifs is 1. The number of anilines is 2. The van der Waals surface area contributed by atoms with Gasteiger partial charge >= 0.3 is 0 Å². The Hall–Kier alpha value is -3.74. The maximum Gasteiger partial charge on any atom is 0.249 e. The zero-order valence-electron chi connectivity index (χ0n) is 16.3. The molecule has 0 aliphatic carbocycles. The van der Waals surface area contributed by atoms with Gasteiger partial charge in [-0.3, -0.25) is 4.79 Å². The minimum absolute atomic E-state index is 0.227. The van der Waals surface area contributed by atoms with Gasteiger partial charge in [0.05, 0.1) is 12.7 Å². The van der Waals surface area contributed by atoms with Crippen molar-refractivity contribution >= 4 is 23.5 Å². The second-order valence-electron chi connectivity index (χ2n) is 6.87. The number of benzene rings is 2. The number of aromatic nitrogens is 2. The summed E-state index contributed by atoms with van der Waals surface area (Å²) in [7, 11) is 4.01. The molecule has 1 amide bonds. The van der Waals surface area contributed by atoms with Crippen LogP contribution in [0.2, 0.25) is 0 Å². The first-order chi connectivity index (χ1) is 14.1. The maximum absolute atomic E-state index is 12.3. The topological polar surface area (TPSA) is 68.6 Å². The molecule has 4 rings (SSSR count). The number of rotatable bonds is 6. The molecule has 29 heavy (non-hydrogen) atoms. The predicted molar refractivity (Wildman–Crippen MR) is 112 cm³/mol. The Morgan fingerprint density at radius 3 is 2.72 bits per heavy atom. The third kappa shape index (κ3) is 4.40. The molecule has 2 aromatic carbocycles. The van der Waals surface area contributed by atoms with E-state index in [0.29, 0.717) is 23.9 Å². The van der Waals surface area contributed by atoms with Gasteiger partial charge in [0.1, 0.15) is 5.82 Å². The van der Waals surface area contributed by atoms with Crippen LogP contribution in [0.15, 0.2) is 60.8 Å². The Balaban J connectivity index is 1.40. The van der Waals surface area contributed by atoms with Crippen molar-refractivity contribution in [3.8, 4) is 11.5 Å². The number of ether oxygens (including phenoxy) is 2. The van der Waals surface area contributed by atoms with Gasteiger partial charge in [0.25, 0.3) is 0 Å². The van der Waals surface area contributed by atoms with Crippen LogP contribution in [0.3, 0.4) is 0 Å². The molecule has 0 atom stereocenters. The first kappa shape index (κ1) is 18.6. The fourth-order valence-corrected chi connectivity index (χ4v) is 2.99. The Kier molecular flexibility index (Phi) is 5.20. The highest BCUT2D eigenvalue weighted by Crippen LogP contribution is 2.32. The van der Waals surface area contributed by atoms with Crippen LogP contribution in [0.1, 0.15) is 11.1 Å². The van der Waals surface area contributed by atoms with Crippen molar-refractivity contribution in [2.45, 2.75) is 6.54 Å². The number of carbonyl (C=O) groups is 1. The van der Waals surface area contributed by atoms with E-state index >= 15 is 0 Å². The van der Waals surface area contributed by atoms with E-state index in [-0.39, 0.29) is 12.7 Å². The zero-order chi connectivity index (χ0) is 20.2. The highest BCUT2D eigenvalue weighted by molar-refractivity contribution is 6.01. The molecule has 2 heterocycles.